The van der Waals surface area contributed by atoms with Crippen molar-refractivity contribution in [3.8, 4) is 56.7 Å². The van der Waals surface area contributed by atoms with Crippen LogP contribution >= 0.6 is 0 Å². The number of hydrogen-bond donors (Lipinski definition) is 0. The largest absolute Gasteiger partial charge is 0.456 e. The smallest absolute Gasteiger partial charge is 0.164 e. The van der Waals surface area contributed by atoms with E-state index in [1.807, 2.05) is 91.0 Å². The van der Waals surface area contributed by atoms with Gasteiger partial charge in [0.1, 0.15) is 11.2 Å². The molecular formula is C57H35N5O. The number of fused-ring (bicyclic) bond motifs is 9. The number of furan rings is 1. The van der Waals surface area contributed by atoms with Gasteiger partial charge in [0.05, 0.1) is 42.6 Å². The summed E-state index contributed by atoms with van der Waals surface area (Å²) in [6.07, 6.45) is 0. The van der Waals surface area contributed by atoms with Gasteiger partial charge in [0.15, 0.2) is 17.5 Å². The summed E-state index contributed by atoms with van der Waals surface area (Å²) in [6.45, 7) is 0. The van der Waals surface area contributed by atoms with Crippen LogP contribution in [0.3, 0.4) is 0 Å². The van der Waals surface area contributed by atoms with Gasteiger partial charge in [-0.25, -0.2) is 15.0 Å². The van der Waals surface area contributed by atoms with E-state index in [0.717, 1.165) is 26.5 Å². The summed E-state index contributed by atoms with van der Waals surface area (Å²) in [6, 6.07) is 27.9. The molecule has 9 aromatic carbocycles. The lowest BCUT2D eigenvalue weighted by Gasteiger charge is -2.12. The van der Waals surface area contributed by atoms with Gasteiger partial charge in [0, 0.05) is 60.4 Å². The zero-order valence-electron chi connectivity index (χ0n) is 47.7. The molecule has 4 heterocycles. The third-order valence-corrected chi connectivity index (χ3v) is 11.3. The van der Waals surface area contributed by atoms with Crippen molar-refractivity contribution in [1.29, 1.82) is 0 Å². The van der Waals surface area contributed by atoms with Gasteiger partial charge in [-0.1, -0.05) is 145 Å². The molecule has 0 spiro atoms. The Morgan fingerprint density at radius 1 is 0.381 bits per heavy atom. The molecule has 13 aromatic rings. The fourth-order valence-corrected chi connectivity index (χ4v) is 8.48. The average molecular weight is 821 g/mol. The fraction of sp³-hybridized carbons (Fsp3) is 0. The van der Waals surface area contributed by atoms with Gasteiger partial charge in [0.25, 0.3) is 0 Å². The highest BCUT2D eigenvalue weighted by molar-refractivity contribution is 6.14. The molecule has 0 aliphatic rings. The average Bonchev–Trinajstić information content (AvgIpc) is 4.21. The van der Waals surface area contributed by atoms with Gasteiger partial charge in [-0.05, 0) is 77.7 Å². The summed E-state index contributed by atoms with van der Waals surface area (Å²) in [5.41, 5.74) is 3.67. The molecular weight excluding hydrogens is 771 g/mol. The first-order valence-corrected chi connectivity index (χ1v) is 20.0. The monoisotopic (exact) mass is 820 g/mol. The Kier molecular flexibility index (Phi) is 5.19. The summed E-state index contributed by atoms with van der Waals surface area (Å²) >= 11 is 0. The van der Waals surface area contributed by atoms with E-state index in [4.69, 9.17) is 33.1 Å². The van der Waals surface area contributed by atoms with Crippen molar-refractivity contribution in [3.63, 3.8) is 0 Å². The molecule has 4 aromatic heterocycles. The van der Waals surface area contributed by atoms with Crippen molar-refractivity contribution in [1.82, 2.24) is 24.1 Å². The first-order chi connectivity index (χ1) is 37.5. The summed E-state index contributed by atoms with van der Waals surface area (Å²) in [4.78, 5) is 14.9. The van der Waals surface area contributed by atoms with E-state index >= 15 is 0 Å². The topological polar surface area (TPSA) is 61.7 Å². The standard InChI is InChI=1S/C57H35N5O/c1-3-15-36(16-4-1)42-24-14-28-52-54(42)46-31-29-39(34-53(46)63-52)57-59-55(37-17-5-2-6-18-37)58-56(60-57)38-19-13-20-40(33-38)61-50-27-12-9-23-45(50)47-35-41(30-32-51(47)61)62-48-25-10-7-21-43(48)44-22-8-11-26-49(44)62/h1-35H/i7D,8D,9D,10D,11D,12D,21D,22D,23D,25D,26D,27D,30D,32D,35D. The third-order valence-electron chi connectivity index (χ3n) is 11.3. The molecule has 0 bridgehead atoms. The van der Waals surface area contributed by atoms with Crippen LogP contribution in [0.1, 0.15) is 20.6 Å². The Bertz CT molecular complexity index is 4730. The van der Waals surface area contributed by atoms with E-state index in [1.54, 1.807) is 24.3 Å². The van der Waals surface area contributed by atoms with Crippen LogP contribution in [0.5, 0.6) is 0 Å². The summed E-state index contributed by atoms with van der Waals surface area (Å²) in [7, 11) is 0. The minimum Gasteiger partial charge on any atom is -0.456 e. The van der Waals surface area contributed by atoms with Crippen LogP contribution in [-0.4, -0.2) is 24.1 Å². The molecule has 6 heteroatoms. The van der Waals surface area contributed by atoms with Crippen LogP contribution in [0, 0.1) is 0 Å². The molecule has 0 aliphatic carbocycles. The van der Waals surface area contributed by atoms with E-state index in [-0.39, 0.29) is 55.1 Å². The maximum Gasteiger partial charge on any atom is 0.164 e. The van der Waals surface area contributed by atoms with Gasteiger partial charge >= 0.3 is 0 Å². The van der Waals surface area contributed by atoms with E-state index in [9.17, 15) is 6.85 Å². The third kappa shape index (κ3) is 5.62. The summed E-state index contributed by atoms with van der Waals surface area (Å²) in [5.74, 6) is 0.844. The number of aromatic nitrogens is 5. The fourth-order valence-electron chi connectivity index (χ4n) is 8.48. The molecule has 0 aliphatic heterocycles. The van der Waals surface area contributed by atoms with Gasteiger partial charge < -0.3 is 13.6 Å². The highest BCUT2D eigenvalue weighted by Crippen LogP contribution is 2.40. The molecule has 0 radical (unpaired) electrons. The predicted octanol–water partition coefficient (Wildman–Crippen LogP) is 14.6. The lowest BCUT2D eigenvalue weighted by molar-refractivity contribution is 0.669. The Labute approximate surface area is 382 Å². The van der Waals surface area contributed by atoms with Gasteiger partial charge in [-0.3, -0.25) is 0 Å². The molecule has 6 nitrogen and oxygen atoms in total. The highest BCUT2D eigenvalue weighted by atomic mass is 16.3. The maximum atomic E-state index is 10.0. The molecule has 63 heavy (non-hydrogen) atoms. The summed E-state index contributed by atoms with van der Waals surface area (Å²) < 4.78 is 145. The second-order valence-electron chi connectivity index (χ2n) is 14.9. The van der Waals surface area contributed by atoms with Crippen LogP contribution in [-0.2, 0) is 0 Å². The Balaban J connectivity index is 1.06. The molecule has 0 amide bonds. The van der Waals surface area contributed by atoms with Crippen molar-refractivity contribution < 1.29 is 25.0 Å². The van der Waals surface area contributed by atoms with Crippen LogP contribution in [0.15, 0.2) is 216 Å². The van der Waals surface area contributed by atoms with Crippen molar-refractivity contribution in [2.75, 3.05) is 0 Å². The molecule has 0 saturated heterocycles. The second-order valence-corrected chi connectivity index (χ2v) is 14.9. The van der Waals surface area contributed by atoms with Gasteiger partial charge in [-0.15, -0.1) is 0 Å². The first-order valence-electron chi connectivity index (χ1n) is 27.5. The number of nitrogens with zero attached hydrogens (tertiary/aromatic N) is 5. The normalized spacial score (nSPS) is 15.1. The molecule has 0 fully saturated rings. The maximum absolute atomic E-state index is 10.0. The first kappa shape index (κ1) is 23.4. The van der Waals surface area contributed by atoms with Crippen molar-refractivity contribution in [2.45, 2.75) is 0 Å². The van der Waals surface area contributed by atoms with Gasteiger partial charge in [0.2, 0.25) is 0 Å². The zero-order valence-corrected chi connectivity index (χ0v) is 32.7. The Hall–Kier alpha value is -8.61. The van der Waals surface area contributed by atoms with E-state index < -0.39 is 96.3 Å². The Morgan fingerprint density at radius 3 is 1.60 bits per heavy atom. The number of para-hydroxylation sites is 3. The SMILES string of the molecule is [2H]c1c([2H])c([2H])c2c(c1[2H])c1c([2H])c(-n3c4c([2H])c([2H])c([2H])c([2H])c4c4c([2H])c([2H])c([2H])c([2H])c43)c([2H])c([2H])c1n2-c1cccc(-c2nc(-c3ccccc3)nc(-c3ccc4c(c3)oc3cccc(-c5ccccc5)c34)n2)c1. The lowest BCUT2D eigenvalue weighted by Crippen LogP contribution is -2.01. The number of hydrogen-bond acceptors (Lipinski definition) is 4. The second kappa shape index (κ2) is 14.0. The molecule has 294 valence electrons. The highest BCUT2D eigenvalue weighted by Gasteiger charge is 2.19. The van der Waals surface area contributed by atoms with Gasteiger partial charge in [-0.2, -0.15) is 0 Å². The molecule has 0 N–H and O–H groups in total. The van der Waals surface area contributed by atoms with E-state index in [0.29, 0.717) is 39.5 Å². The summed E-state index contributed by atoms with van der Waals surface area (Å²) in [5, 5.41) is 0.792. The molecule has 0 unspecified atom stereocenters. The van der Waals surface area contributed by atoms with E-state index in [1.165, 1.54) is 4.57 Å². The number of rotatable bonds is 6. The van der Waals surface area contributed by atoms with Crippen LogP contribution in [0.2, 0.25) is 0 Å². The minimum atomic E-state index is -0.728. The van der Waals surface area contributed by atoms with Crippen LogP contribution in [0.4, 0.5) is 0 Å². The van der Waals surface area contributed by atoms with E-state index in [2.05, 4.69) is 6.07 Å². The number of benzene rings is 9. The van der Waals surface area contributed by atoms with Crippen molar-refractivity contribution in [3.05, 3.63) is 212 Å². The van der Waals surface area contributed by atoms with Crippen LogP contribution in [0.25, 0.3) is 122 Å². The minimum absolute atomic E-state index is 0.159. The molecule has 13 rings (SSSR count). The van der Waals surface area contributed by atoms with Crippen molar-refractivity contribution >= 4 is 65.6 Å². The van der Waals surface area contributed by atoms with Crippen LogP contribution < -0.4 is 0 Å². The predicted molar refractivity (Wildman–Crippen MR) is 258 cm³/mol. The van der Waals surface area contributed by atoms with Crippen molar-refractivity contribution in [2.24, 2.45) is 0 Å². The lowest BCUT2D eigenvalue weighted by atomic mass is 9.99. The molecule has 0 atom stereocenters. The Morgan fingerprint density at radius 2 is 0.921 bits per heavy atom. The molecule has 0 saturated carbocycles. The quantitative estimate of drug-likeness (QED) is 0.168. The zero-order chi connectivity index (χ0) is 54.5.